The van der Waals surface area contributed by atoms with Gasteiger partial charge in [0.1, 0.15) is 0 Å². The second-order valence-electron chi connectivity index (χ2n) is 7.55. The number of hydrogen-bond acceptors (Lipinski definition) is 5. The Morgan fingerprint density at radius 2 is 1.16 bits per heavy atom. The summed E-state index contributed by atoms with van der Waals surface area (Å²) >= 11 is 0. The second kappa shape index (κ2) is 11.1. The summed E-state index contributed by atoms with van der Waals surface area (Å²) in [6, 6.07) is 23.5. The highest BCUT2D eigenvalue weighted by Gasteiger charge is 2.45. The fraction of sp³-hybridized carbons (Fsp3) is 0.125. The van der Waals surface area contributed by atoms with Crippen molar-refractivity contribution in [2.24, 2.45) is 0 Å². The van der Waals surface area contributed by atoms with Gasteiger partial charge in [-0.15, -0.1) is 0 Å². The maximum absolute atomic E-state index is 12.5. The topological polar surface area (TPSA) is 109 Å². The number of sulfonamides is 1. The van der Waals surface area contributed by atoms with Crippen molar-refractivity contribution < 1.29 is 44.7 Å². The maximum atomic E-state index is 12.5. The highest BCUT2D eigenvalue weighted by molar-refractivity contribution is 7.90. The number of rotatable bonds is 5. The van der Waals surface area contributed by atoms with Crippen molar-refractivity contribution in [2.45, 2.75) is 18.2 Å². The zero-order valence-corrected chi connectivity index (χ0v) is 19.8. The van der Waals surface area contributed by atoms with Crippen molar-refractivity contribution >= 4 is 27.0 Å². The Morgan fingerprint density at radius 1 is 0.737 bits per heavy atom. The van der Waals surface area contributed by atoms with Crippen LogP contribution in [0.1, 0.15) is 5.56 Å². The molecule has 0 spiro atoms. The van der Waals surface area contributed by atoms with Crippen LogP contribution in [0.5, 0.6) is 0 Å². The van der Waals surface area contributed by atoms with Gasteiger partial charge in [0.25, 0.3) is 0 Å². The van der Waals surface area contributed by atoms with Crippen LogP contribution >= 0.6 is 0 Å². The average molecular weight is 557 g/mol. The van der Waals surface area contributed by atoms with Crippen LogP contribution in [0.3, 0.4) is 0 Å². The number of aliphatic carboxylic acids is 1. The van der Waals surface area contributed by atoms with Crippen LogP contribution < -0.4 is 4.72 Å². The van der Waals surface area contributed by atoms with Gasteiger partial charge in [0, 0.05) is 17.7 Å². The molecule has 0 aliphatic rings. The molecule has 0 bridgehead atoms. The molecule has 1 aromatic heterocycles. The van der Waals surface area contributed by atoms with Crippen molar-refractivity contribution in [1.29, 1.82) is 0 Å². The SMILES string of the molecule is O=C(O)C(F)(F)F.O=S(=O)(NCc1ccc(-c2nc3ccccc3nc2-c2ccccc2)cc1)C(F)(F)F. The van der Waals surface area contributed by atoms with Crippen molar-refractivity contribution in [3.05, 3.63) is 84.4 Å². The van der Waals surface area contributed by atoms with Crippen molar-refractivity contribution in [1.82, 2.24) is 14.7 Å². The van der Waals surface area contributed by atoms with Gasteiger partial charge in [-0.3, -0.25) is 0 Å². The summed E-state index contributed by atoms with van der Waals surface area (Å²) < 4.78 is 93.1. The van der Waals surface area contributed by atoms with E-state index < -0.39 is 34.2 Å². The number of carboxylic acid groups (broad SMARTS) is 1. The molecular weight excluding hydrogens is 540 g/mol. The van der Waals surface area contributed by atoms with Gasteiger partial charge in [-0.05, 0) is 17.7 Å². The highest BCUT2D eigenvalue weighted by atomic mass is 32.2. The largest absolute Gasteiger partial charge is 0.511 e. The summed E-state index contributed by atoms with van der Waals surface area (Å²) in [6.45, 7) is -0.475. The number of nitrogens with one attached hydrogen (secondary N) is 1. The molecule has 0 amide bonds. The van der Waals surface area contributed by atoms with Gasteiger partial charge in [0.15, 0.2) is 0 Å². The molecule has 0 saturated heterocycles. The van der Waals surface area contributed by atoms with Gasteiger partial charge >= 0.3 is 27.7 Å². The molecular formula is C24H17F6N3O4S. The summed E-state index contributed by atoms with van der Waals surface area (Å²) in [5, 5.41) is 7.12. The Bertz CT molecular complexity index is 1530. The first-order valence-electron chi connectivity index (χ1n) is 10.5. The number of alkyl halides is 6. The number of benzene rings is 3. The van der Waals surface area contributed by atoms with Crippen LogP contribution in [-0.2, 0) is 21.4 Å². The molecule has 0 saturated carbocycles. The van der Waals surface area contributed by atoms with Crippen LogP contribution in [0.4, 0.5) is 26.3 Å². The highest BCUT2D eigenvalue weighted by Crippen LogP contribution is 2.31. The van der Waals surface area contributed by atoms with Gasteiger partial charge < -0.3 is 5.11 Å². The Balaban J connectivity index is 0.000000505. The van der Waals surface area contributed by atoms with Crippen molar-refractivity contribution in [2.75, 3.05) is 0 Å². The third-order valence-corrected chi connectivity index (χ3v) is 5.99. The van der Waals surface area contributed by atoms with Gasteiger partial charge in [-0.2, -0.15) is 26.3 Å². The third-order valence-electron chi connectivity index (χ3n) is 4.86. The van der Waals surface area contributed by atoms with E-state index in [4.69, 9.17) is 19.9 Å². The Labute approximate surface area is 211 Å². The Morgan fingerprint density at radius 3 is 1.58 bits per heavy atom. The second-order valence-corrected chi connectivity index (χ2v) is 9.30. The number of halogens is 6. The minimum atomic E-state index is -5.40. The van der Waals surface area contributed by atoms with Gasteiger partial charge in [0.05, 0.1) is 22.4 Å². The normalized spacial score (nSPS) is 12.1. The van der Waals surface area contributed by atoms with E-state index in [2.05, 4.69) is 0 Å². The number of para-hydroxylation sites is 2. The molecule has 200 valence electrons. The van der Waals surface area contributed by atoms with Gasteiger partial charge in [-0.1, -0.05) is 66.7 Å². The summed E-state index contributed by atoms with van der Waals surface area (Å²) in [5.41, 5.74) is -0.651. The van der Waals surface area contributed by atoms with E-state index in [0.717, 1.165) is 11.1 Å². The van der Waals surface area contributed by atoms with Crippen molar-refractivity contribution in [3.8, 4) is 22.5 Å². The zero-order valence-electron chi connectivity index (χ0n) is 19.0. The van der Waals surface area contributed by atoms with Crippen LogP contribution in [0.15, 0.2) is 78.9 Å². The lowest BCUT2D eigenvalue weighted by Crippen LogP contribution is -2.35. The minimum Gasteiger partial charge on any atom is -0.475 e. The smallest absolute Gasteiger partial charge is 0.475 e. The molecule has 0 fully saturated rings. The first-order valence-corrected chi connectivity index (χ1v) is 11.9. The lowest BCUT2D eigenvalue weighted by molar-refractivity contribution is -0.192. The monoisotopic (exact) mass is 557 g/mol. The average Bonchev–Trinajstić information content (AvgIpc) is 2.87. The van der Waals surface area contributed by atoms with Gasteiger partial charge in [0.2, 0.25) is 0 Å². The van der Waals surface area contributed by atoms with Crippen molar-refractivity contribution in [3.63, 3.8) is 0 Å². The molecule has 7 nitrogen and oxygen atoms in total. The van der Waals surface area contributed by atoms with E-state index in [0.29, 0.717) is 28.0 Å². The maximum Gasteiger partial charge on any atom is 0.511 e. The first-order chi connectivity index (χ1) is 17.7. The minimum absolute atomic E-state index is 0.381. The molecule has 0 aliphatic carbocycles. The number of carbonyl (C=O) groups is 1. The Kier molecular flexibility index (Phi) is 8.37. The summed E-state index contributed by atoms with van der Waals surface area (Å²) in [5.74, 6) is -2.76. The number of nitrogens with zero attached hydrogens (tertiary/aromatic N) is 2. The predicted molar refractivity (Wildman–Crippen MR) is 126 cm³/mol. The molecule has 14 heteroatoms. The van der Waals surface area contributed by atoms with Crippen LogP contribution in [-0.4, -0.2) is 41.1 Å². The molecule has 0 aliphatic heterocycles. The molecule has 4 aromatic rings. The molecule has 0 atom stereocenters. The zero-order chi connectivity index (χ0) is 28.1. The van der Waals surface area contributed by atoms with Crippen LogP contribution in [0, 0.1) is 0 Å². The number of carboxylic acids is 1. The molecule has 0 unspecified atom stereocenters. The molecule has 3 aromatic carbocycles. The fourth-order valence-corrected chi connectivity index (χ4v) is 3.56. The molecule has 38 heavy (non-hydrogen) atoms. The fourth-order valence-electron chi connectivity index (χ4n) is 3.04. The number of hydrogen-bond donors (Lipinski definition) is 2. The van der Waals surface area contributed by atoms with E-state index in [1.807, 2.05) is 54.6 Å². The number of aromatic nitrogens is 2. The predicted octanol–water partition coefficient (Wildman–Crippen LogP) is 5.54. The first kappa shape index (κ1) is 28.5. The van der Waals surface area contributed by atoms with Crippen LogP contribution in [0.25, 0.3) is 33.5 Å². The van der Waals surface area contributed by atoms with E-state index in [1.165, 1.54) is 0 Å². The standard InChI is InChI=1S/C22H16F3N3O2S.C2HF3O2/c23-22(24,25)31(29,30)26-14-15-10-12-17(13-11-15)21-20(16-6-2-1-3-7-16)27-18-8-4-5-9-19(18)28-21;3-2(4,5)1(6)7/h1-13,26H,14H2;(H,6,7). The molecule has 2 N–H and O–H groups in total. The van der Waals surface area contributed by atoms with E-state index >= 15 is 0 Å². The lowest BCUT2D eigenvalue weighted by atomic mass is 10.0. The van der Waals surface area contributed by atoms with Crippen LogP contribution in [0.2, 0.25) is 0 Å². The van der Waals surface area contributed by atoms with Gasteiger partial charge in [-0.25, -0.2) is 27.9 Å². The Hall–Kier alpha value is -4.04. The third kappa shape index (κ3) is 7.04. The molecule has 1 heterocycles. The molecule has 4 rings (SSSR count). The summed E-state index contributed by atoms with van der Waals surface area (Å²) in [4.78, 5) is 18.4. The van der Waals surface area contributed by atoms with E-state index in [-0.39, 0.29) is 0 Å². The van der Waals surface area contributed by atoms with E-state index in [9.17, 15) is 34.8 Å². The molecule has 0 radical (unpaired) electrons. The summed E-state index contributed by atoms with van der Waals surface area (Å²) in [6.07, 6.45) is -5.08. The van der Waals surface area contributed by atoms with E-state index in [1.54, 1.807) is 29.0 Å². The lowest BCUT2D eigenvalue weighted by Gasteiger charge is -2.12. The summed E-state index contributed by atoms with van der Waals surface area (Å²) in [7, 11) is -5.40. The quantitative estimate of drug-likeness (QED) is 0.312. The number of fused-ring (bicyclic) bond motifs is 1.